The number of hydrogen-bond donors (Lipinski definition) is 1. The van der Waals surface area contributed by atoms with Gasteiger partial charge in [0.25, 0.3) is 0 Å². The van der Waals surface area contributed by atoms with Gasteiger partial charge in [0, 0.05) is 10.0 Å². The molecule has 0 radical (unpaired) electrons. The Morgan fingerprint density at radius 3 is 2.17 bits per heavy atom. The van der Waals surface area contributed by atoms with E-state index < -0.39 is 12.0 Å². The van der Waals surface area contributed by atoms with Gasteiger partial charge in [-0.1, -0.05) is 29.6 Å². The summed E-state index contributed by atoms with van der Waals surface area (Å²) in [7, 11) is 0. The minimum absolute atomic E-state index is 0.473. The Kier molecular flexibility index (Phi) is 4.49. The van der Waals surface area contributed by atoms with Crippen LogP contribution in [0.4, 0.5) is 0 Å². The minimum atomic E-state index is -0.852. The summed E-state index contributed by atoms with van der Waals surface area (Å²) in [5, 5.41) is 10.4. The molecule has 18 heavy (non-hydrogen) atoms. The fraction of sp³-hybridized carbons (Fsp3) is 0.462. The number of hydrogen-bond acceptors (Lipinski definition) is 2. The number of halogens is 2. The van der Waals surface area contributed by atoms with Crippen LogP contribution in [0.5, 0.6) is 0 Å². The highest BCUT2D eigenvalue weighted by Crippen LogP contribution is 2.29. The summed E-state index contributed by atoms with van der Waals surface area (Å²) < 4.78 is 0. The van der Waals surface area contributed by atoms with Crippen LogP contribution in [-0.4, -0.2) is 29.1 Å². The first-order valence-electron chi connectivity index (χ1n) is 6.01. The Hall–Kier alpha value is -0.770. The molecule has 5 heteroatoms. The number of aliphatic carboxylic acids is 1. The standard InChI is InChI=1S/C13H15Cl2NO2/c14-10-6-9(7-11(15)8-10)12(13(17)18)16-4-2-1-3-5-16/h6-8,12H,1-5H2,(H,17,18). The number of piperidine rings is 1. The van der Waals surface area contributed by atoms with Gasteiger partial charge in [-0.2, -0.15) is 0 Å². The molecule has 1 aromatic rings. The molecule has 98 valence electrons. The fourth-order valence-corrected chi connectivity index (χ4v) is 2.96. The third-order valence-corrected chi connectivity index (χ3v) is 3.63. The van der Waals surface area contributed by atoms with Crippen LogP contribution >= 0.6 is 23.2 Å². The van der Waals surface area contributed by atoms with Gasteiger partial charge in [0.2, 0.25) is 0 Å². The first kappa shape index (κ1) is 13.7. The van der Waals surface area contributed by atoms with E-state index in [4.69, 9.17) is 23.2 Å². The van der Waals surface area contributed by atoms with Crippen LogP contribution in [0.1, 0.15) is 30.9 Å². The third-order valence-electron chi connectivity index (χ3n) is 3.19. The van der Waals surface area contributed by atoms with Gasteiger partial charge in [0.1, 0.15) is 6.04 Å². The largest absolute Gasteiger partial charge is 0.480 e. The van der Waals surface area contributed by atoms with Gasteiger partial charge in [-0.05, 0) is 49.7 Å². The zero-order valence-electron chi connectivity index (χ0n) is 9.90. The second-order valence-electron chi connectivity index (χ2n) is 4.54. The number of carboxylic acids is 1. The molecule has 1 saturated heterocycles. The van der Waals surface area contributed by atoms with Crippen LogP contribution in [0, 0.1) is 0 Å². The Bertz CT molecular complexity index is 424. The van der Waals surface area contributed by atoms with Crippen molar-refractivity contribution >= 4 is 29.2 Å². The van der Waals surface area contributed by atoms with Crippen LogP contribution in [0.25, 0.3) is 0 Å². The molecule has 1 unspecified atom stereocenters. The van der Waals surface area contributed by atoms with Crippen molar-refractivity contribution in [3.63, 3.8) is 0 Å². The molecule has 0 saturated carbocycles. The molecule has 0 aliphatic carbocycles. The van der Waals surface area contributed by atoms with E-state index in [1.54, 1.807) is 18.2 Å². The zero-order chi connectivity index (χ0) is 13.1. The summed E-state index contributed by atoms with van der Waals surface area (Å²) in [6.45, 7) is 1.61. The van der Waals surface area contributed by atoms with Gasteiger partial charge in [-0.15, -0.1) is 0 Å². The van der Waals surface area contributed by atoms with Crippen molar-refractivity contribution in [2.45, 2.75) is 25.3 Å². The third kappa shape index (κ3) is 3.16. The van der Waals surface area contributed by atoms with Gasteiger partial charge < -0.3 is 5.11 Å². The lowest BCUT2D eigenvalue weighted by atomic mass is 10.0. The highest BCUT2D eigenvalue weighted by molar-refractivity contribution is 6.34. The van der Waals surface area contributed by atoms with E-state index in [2.05, 4.69) is 0 Å². The van der Waals surface area contributed by atoms with Crippen LogP contribution in [0.3, 0.4) is 0 Å². The smallest absolute Gasteiger partial charge is 0.325 e. The van der Waals surface area contributed by atoms with E-state index in [1.165, 1.54) is 6.42 Å². The lowest BCUT2D eigenvalue weighted by molar-refractivity contribution is -0.144. The quantitative estimate of drug-likeness (QED) is 0.923. The van der Waals surface area contributed by atoms with Gasteiger partial charge in [-0.3, -0.25) is 9.69 Å². The molecule has 1 heterocycles. The van der Waals surface area contributed by atoms with Crippen LogP contribution in [0.15, 0.2) is 18.2 Å². The summed E-state index contributed by atoms with van der Waals surface area (Å²) in [5.41, 5.74) is 0.655. The van der Waals surface area contributed by atoms with E-state index >= 15 is 0 Å². The molecule has 3 nitrogen and oxygen atoms in total. The monoisotopic (exact) mass is 287 g/mol. The summed E-state index contributed by atoms with van der Waals surface area (Å²) in [4.78, 5) is 13.5. The van der Waals surface area contributed by atoms with Gasteiger partial charge >= 0.3 is 5.97 Å². The van der Waals surface area contributed by atoms with E-state index in [0.717, 1.165) is 25.9 Å². The van der Waals surface area contributed by atoms with E-state index in [0.29, 0.717) is 15.6 Å². The Morgan fingerprint density at radius 2 is 1.67 bits per heavy atom. The molecular weight excluding hydrogens is 273 g/mol. The fourth-order valence-electron chi connectivity index (χ4n) is 2.42. The molecule has 2 rings (SSSR count). The number of likely N-dealkylation sites (tertiary alicyclic amines) is 1. The predicted molar refractivity (Wildman–Crippen MR) is 72.3 cm³/mol. The lowest BCUT2D eigenvalue weighted by Gasteiger charge is -2.32. The maximum absolute atomic E-state index is 11.5. The van der Waals surface area contributed by atoms with E-state index in [-0.39, 0.29) is 0 Å². The van der Waals surface area contributed by atoms with E-state index in [9.17, 15) is 9.90 Å². The maximum atomic E-state index is 11.5. The highest BCUT2D eigenvalue weighted by atomic mass is 35.5. The average Bonchev–Trinajstić information content (AvgIpc) is 2.28. The first-order chi connectivity index (χ1) is 8.58. The molecule has 0 spiro atoms. The molecular formula is C13H15Cl2NO2. The van der Waals surface area contributed by atoms with Crippen LogP contribution in [0.2, 0.25) is 10.0 Å². The molecule has 1 fully saturated rings. The highest BCUT2D eigenvalue weighted by Gasteiger charge is 2.28. The van der Waals surface area contributed by atoms with Crippen molar-refractivity contribution in [3.05, 3.63) is 33.8 Å². The van der Waals surface area contributed by atoms with Crippen molar-refractivity contribution in [1.82, 2.24) is 4.90 Å². The van der Waals surface area contributed by atoms with Gasteiger partial charge in [0.15, 0.2) is 0 Å². The molecule has 0 amide bonds. The molecule has 1 N–H and O–H groups in total. The molecule has 1 aliphatic rings. The molecule has 1 aromatic carbocycles. The van der Waals surface area contributed by atoms with Crippen LogP contribution < -0.4 is 0 Å². The Morgan fingerprint density at radius 1 is 1.11 bits per heavy atom. The van der Waals surface area contributed by atoms with Gasteiger partial charge in [-0.25, -0.2) is 0 Å². The summed E-state index contributed by atoms with van der Waals surface area (Å²) >= 11 is 11.9. The number of rotatable bonds is 3. The second kappa shape index (κ2) is 5.91. The van der Waals surface area contributed by atoms with Crippen molar-refractivity contribution in [2.24, 2.45) is 0 Å². The molecule has 0 bridgehead atoms. The van der Waals surface area contributed by atoms with Crippen molar-refractivity contribution in [2.75, 3.05) is 13.1 Å². The SMILES string of the molecule is O=C(O)C(c1cc(Cl)cc(Cl)c1)N1CCCCC1. The minimum Gasteiger partial charge on any atom is -0.480 e. The molecule has 1 aliphatic heterocycles. The first-order valence-corrected chi connectivity index (χ1v) is 6.76. The number of benzene rings is 1. The Labute approximate surface area is 116 Å². The lowest BCUT2D eigenvalue weighted by Crippen LogP contribution is -2.37. The number of carbonyl (C=O) groups is 1. The predicted octanol–water partition coefficient (Wildman–Crippen LogP) is 3.61. The van der Waals surface area contributed by atoms with Crippen molar-refractivity contribution in [1.29, 1.82) is 0 Å². The summed E-state index contributed by atoms with van der Waals surface area (Å²) in [5.74, 6) is -0.852. The van der Waals surface area contributed by atoms with E-state index in [1.807, 2.05) is 4.90 Å². The number of nitrogens with zero attached hydrogens (tertiary/aromatic N) is 1. The number of carboxylic acid groups (broad SMARTS) is 1. The molecule has 1 atom stereocenters. The topological polar surface area (TPSA) is 40.5 Å². The van der Waals surface area contributed by atoms with Gasteiger partial charge in [0.05, 0.1) is 0 Å². The van der Waals surface area contributed by atoms with Crippen molar-refractivity contribution in [3.8, 4) is 0 Å². The average molecular weight is 288 g/mol. The van der Waals surface area contributed by atoms with Crippen LogP contribution in [-0.2, 0) is 4.79 Å². The summed E-state index contributed by atoms with van der Waals surface area (Å²) in [6, 6.07) is 4.32. The van der Waals surface area contributed by atoms with Crippen molar-refractivity contribution < 1.29 is 9.90 Å². The normalized spacial score (nSPS) is 18.6. The maximum Gasteiger partial charge on any atom is 0.325 e. The molecule has 0 aromatic heterocycles. The summed E-state index contributed by atoms with van der Waals surface area (Å²) in [6.07, 6.45) is 3.25. The Balaban J connectivity index is 2.31. The second-order valence-corrected chi connectivity index (χ2v) is 5.41. The zero-order valence-corrected chi connectivity index (χ0v) is 11.4.